The molecule has 1 saturated heterocycles. The van der Waals surface area contributed by atoms with E-state index in [1.165, 1.54) is 0 Å². The van der Waals surface area contributed by atoms with E-state index < -0.39 is 0 Å². The van der Waals surface area contributed by atoms with Crippen LogP contribution in [0.2, 0.25) is 0 Å². The average Bonchev–Trinajstić information content (AvgIpc) is 3.06. The third-order valence-electron chi connectivity index (χ3n) is 4.47. The van der Waals surface area contributed by atoms with E-state index >= 15 is 0 Å². The Balaban J connectivity index is 1.58. The van der Waals surface area contributed by atoms with Gasteiger partial charge >= 0.3 is 0 Å². The first-order valence-electron chi connectivity index (χ1n) is 8.67. The summed E-state index contributed by atoms with van der Waals surface area (Å²) in [4.78, 5) is 27.6. The number of carbonyl (C=O) groups excluding carboxylic acids is 1. The summed E-state index contributed by atoms with van der Waals surface area (Å²) in [5.74, 6) is 1.96. The third kappa shape index (κ3) is 4.12. The van der Waals surface area contributed by atoms with Gasteiger partial charge in [0.2, 0.25) is 17.7 Å². The molecule has 0 saturated carbocycles. The zero-order chi connectivity index (χ0) is 17.8. The molecule has 2 aromatic rings. The van der Waals surface area contributed by atoms with Crippen molar-refractivity contribution < 1.29 is 9.32 Å². The Labute approximate surface area is 147 Å². The normalized spacial score (nSPS) is 16.9. The molecule has 0 bridgehead atoms. The fraction of sp³-hybridized carbons (Fsp3) is 0.588. The molecular weight excluding hydrogens is 320 g/mol. The van der Waals surface area contributed by atoms with Crippen molar-refractivity contribution in [2.75, 3.05) is 18.0 Å². The van der Waals surface area contributed by atoms with Gasteiger partial charge in [0.05, 0.1) is 0 Å². The summed E-state index contributed by atoms with van der Waals surface area (Å²) in [6.07, 6.45) is 5.02. The second kappa shape index (κ2) is 7.58. The number of carbonyl (C=O) groups is 1. The second-order valence-corrected chi connectivity index (χ2v) is 6.72. The largest absolute Gasteiger partial charge is 0.344 e. The number of aryl methyl sites for hydroxylation is 1. The van der Waals surface area contributed by atoms with Crippen LogP contribution in [0.3, 0.4) is 0 Å². The number of hydrogen-bond donors (Lipinski definition) is 1. The summed E-state index contributed by atoms with van der Waals surface area (Å²) in [7, 11) is 0. The first kappa shape index (κ1) is 17.3. The van der Waals surface area contributed by atoms with Crippen LogP contribution in [0.25, 0.3) is 0 Å². The van der Waals surface area contributed by atoms with E-state index in [-0.39, 0.29) is 23.8 Å². The van der Waals surface area contributed by atoms with E-state index in [0.717, 1.165) is 31.9 Å². The fourth-order valence-corrected chi connectivity index (χ4v) is 3.02. The number of nitrogens with zero attached hydrogens (tertiary/aromatic N) is 5. The Morgan fingerprint density at radius 3 is 2.52 bits per heavy atom. The maximum absolute atomic E-state index is 12.7. The lowest BCUT2D eigenvalue weighted by atomic mass is 9.94. The maximum atomic E-state index is 12.7. The van der Waals surface area contributed by atoms with Crippen LogP contribution in [0.5, 0.6) is 0 Å². The summed E-state index contributed by atoms with van der Waals surface area (Å²) < 4.78 is 5.25. The smallest absolute Gasteiger partial charge is 0.249 e. The van der Waals surface area contributed by atoms with Crippen LogP contribution in [0.15, 0.2) is 23.0 Å². The van der Waals surface area contributed by atoms with Crippen molar-refractivity contribution in [2.45, 2.75) is 39.7 Å². The maximum Gasteiger partial charge on any atom is 0.249 e. The fourth-order valence-electron chi connectivity index (χ4n) is 3.02. The van der Waals surface area contributed by atoms with Crippen molar-refractivity contribution in [1.29, 1.82) is 0 Å². The van der Waals surface area contributed by atoms with Crippen LogP contribution in [0.1, 0.15) is 44.4 Å². The molecule has 0 aliphatic carbocycles. The molecule has 3 rings (SSSR count). The van der Waals surface area contributed by atoms with E-state index in [1.54, 1.807) is 25.4 Å². The van der Waals surface area contributed by atoms with Crippen molar-refractivity contribution in [3.8, 4) is 0 Å². The van der Waals surface area contributed by atoms with E-state index in [2.05, 4.69) is 30.3 Å². The lowest BCUT2D eigenvalue weighted by Gasteiger charge is -2.32. The Hall–Kier alpha value is -2.51. The minimum absolute atomic E-state index is 0.0229. The number of nitrogens with one attached hydrogen (secondary N) is 1. The van der Waals surface area contributed by atoms with Crippen molar-refractivity contribution in [3.05, 3.63) is 30.2 Å². The number of piperidine rings is 1. The first-order chi connectivity index (χ1) is 12.0. The van der Waals surface area contributed by atoms with Crippen LogP contribution >= 0.6 is 0 Å². The number of amides is 1. The van der Waals surface area contributed by atoms with Gasteiger partial charge in [0.15, 0.2) is 5.82 Å². The molecule has 8 heteroatoms. The molecule has 1 atom stereocenters. The molecule has 0 radical (unpaired) electrons. The zero-order valence-electron chi connectivity index (χ0n) is 14.8. The van der Waals surface area contributed by atoms with Crippen LogP contribution in [0, 0.1) is 18.8 Å². The molecule has 0 spiro atoms. The summed E-state index contributed by atoms with van der Waals surface area (Å²) in [6.45, 7) is 7.37. The molecule has 0 aromatic carbocycles. The van der Waals surface area contributed by atoms with Crippen molar-refractivity contribution in [1.82, 2.24) is 25.4 Å². The summed E-state index contributed by atoms with van der Waals surface area (Å²) in [5, 5.41) is 6.91. The molecule has 2 aromatic heterocycles. The van der Waals surface area contributed by atoms with Crippen molar-refractivity contribution in [2.24, 2.45) is 11.8 Å². The number of aromatic nitrogens is 4. The van der Waals surface area contributed by atoms with E-state index in [9.17, 15) is 4.79 Å². The lowest BCUT2D eigenvalue weighted by molar-refractivity contribution is -0.126. The highest BCUT2D eigenvalue weighted by atomic mass is 16.5. The standard InChI is InChI=1S/C17H24N6O2/c1-11(2)14(16-20-12(3)22-25-16)21-15(24)13-5-9-23(10-6-13)17-18-7-4-8-19-17/h4,7-8,11,13-14H,5-6,9-10H2,1-3H3,(H,21,24)/t14-/m1/s1. The zero-order valence-corrected chi connectivity index (χ0v) is 14.8. The first-order valence-corrected chi connectivity index (χ1v) is 8.67. The highest BCUT2D eigenvalue weighted by Crippen LogP contribution is 2.24. The second-order valence-electron chi connectivity index (χ2n) is 6.72. The Morgan fingerprint density at radius 1 is 1.28 bits per heavy atom. The summed E-state index contributed by atoms with van der Waals surface area (Å²) in [6, 6.07) is 1.54. The molecule has 1 fully saturated rings. The van der Waals surface area contributed by atoms with Crippen LogP contribution in [-0.2, 0) is 4.79 Å². The van der Waals surface area contributed by atoms with Crippen molar-refractivity contribution in [3.63, 3.8) is 0 Å². The highest BCUT2D eigenvalue weighted by molar-refractivity contribution is 5.79. The van der Waals surface area contributed by atoms with Gasteiger partial charge in [0.1, 0.15) is 6.04 Å². The molecule has 3 heterocycles. The van der Waals surface area contributed by atoms with Gasteiger partial charge in [-0.25, -0.2) is 9.97 Å². The Kier molecular flexibility index (Phi) is 5.25. The van der Waals surface area contributed by atoms with Gasteiger partial charge in [-0.15, -0.1) is 0 Å². The van der Waals surface area contributed by atoms with Crippen molar-refractivity contribution >= 4 is 11.9 Å². The van der Waals surface area contributed by atoms with Crippen LogP contribution in [-0.4, -0.2) is 39.1 Å². The van der Waals surface area contributed by atoms with Gasteiger partial charge in [0, 0.05) is 31.4 Å². The average molecular weight is 344 g/mol. The molecule has 0 unspecified atom stereocenters. The predicted octanol–water partition coefficient (Wildman–Crippen LogP) is 1.90. The van der Waals surface area contributed by atoms with Gasteiger partial charge in [0.25, 0.3) is 0 Å². The minimum Gasteiger partial charge on any atom is -0.344 e. The topological polar surface area (TPSA) is 97.0 Å². The summed E-state index contributed by atoms with van der Waals surface area (Å²) in [5.41, 5.74) is 0. The molecular formula is C17H24N6O2. The number of anilines is 1. The molecule has 1 N–H and O–H groups in total. The van der Waals surface area contributed by atoms with E-state index in [4.69, 9.17) is 4.52 Å². The van der Waals surface area contributed by atoms with Crippen LogP contribution < -0.4 is 10.2 Å². The quantitative estimate of drug-likeness (QED) is 0.884. The lowest BCUT2D eigenvalue weighted by Crippen LogP contribution is -2.43. The van der Waals surface area contributed by atoms with Gasteiger partial charge in [-0.2, -0.15) is 4.98 Å². The predicted molar refractivity (Wildman–Crippen MR) is 91.7 cm³/mol. The molecule has 134 valence electrons. The molecule has 1 aliphatic rings. The van der Waals surface area contributed by atoms with Crippen LogP contribution in [0.4, 0.5) is 5.95 Å². The summed E-state index contributed by atoms with van der Waals surface area (Å²) >= 11 is 0. The SMILES string of the molecule is Cc1noc([C@H](NC(=O)C2CCN(c3ncccn3)CC2)C(C)C)n1. The number of hydrogen-bond acceptors (Lipinski definition) is 7. The van der Waals surface area contributed by atoms with E-state index in [0.29, 0.717) is 11.7 Å². The Bertz CT molecular complexity index is 694. The molecule has 1 amide bonds. The molecule has 1 aliphatic heterocycles. The van der Waals surface area contributed by atoms with Gasteiger partial charge in [-0.3, -0.25) is 4.79 Å². The van der Waals surface area contributed by atoms with Gasteiger partial charge in [-0.05, 0) is 31.7 Å². The highest BCUT2D eigenvalue weighted by Gasteiger charge is 2.30. The van der Waals surface area contributed by atoms with Gasteiger partial charge < -0.3 is 14.7 Å². The molecule has 25 heavy (non-hydrogen) atoms. The van der Waals surface area contributed by atoms with Gasteiger partial charge in [-0.1, -0.05) is 19.0 Å². The minimum atomic E-state index is -0.260. The number of rotatable bonds is 5. The monoisotopic (exact) mass is 344 g/mol. The van der Waals surface area contributed by atoms with E-state index in [1.807, 2.05) is 13.8 Å². The third-order valence-corrected chi connectivity index (χ3v) is 4.47. The Morgan fingerprint density at radius 2 is 1.96 bits per heavy atom. The molecule has 8 nitrogen and oxygen atoms in total.